The normalized spacial score (nSPS) is 28.2. The first-order chi connectivity index (χ1) is 10.3. The molecule has 0 aromatic heterocycles. The molecule has 3 rings (SSSR count). The Kier molecular flexibility index (Phi) is 4.94. The lowest BCUT2D eigenvalue weighted by atomic mass is 9.97. The Labute approximate surface area is 128 Å². The molecule has 1 N–H and O–H groups in total. The molecule has 116 valence electrons. The molecule has 2 atom stereocenters. The van der Waals surface area contributed by atoms with E-state index in [0.29, 0.717) is 6.61 Å². The van der Waals surface area contributed by atoms with Crippen LogP contribution in [0.25, 0.3) is 0 Å². The molecular weight excluding hydrogens is 260 g/mol. The maximum atomic E-state index is 5.25. The van der Waals surface area contributed by atoms with E-state index < -0.39 is 0 Å². The summed E-state index contributed by atoms with van der Waals surface area (Å²) in [6.07, 6.45) is 5.40. The molecule has 0 aliphatic carbocycles. The van der Waals surface area contributed by atoms with E-state index in [1.807, 2.05) is 0 Å². The van der Waals surface area contributed by atoms with Crippen LogP contribution in [-0.4, -0.2) is 36.7 Å². The van der Waals surface area contributed by atoms with Gasteiger partial charge >= 0.3 is 0 Å². The lowest BCUT2D eigenvalue weighted by Crippen LogP contribution is -2.47. The van der Waals surface area contributed by atoms with Crippen molar-refractivity contribution in [1.29, 1.82) is 0 Å². The van der Waals surface area contributed by atoms with Crippen molar-refractivity contribution in [3.05, 3.63) is 35.4 Å². The van der Waals surface area contributed by atoms with Gasteiger partial charge in [-0.25, -0.2) is 0 Å². The highest BCUT2D eigenvalue weighted by atomic mass is 16.5. The third-order valence-electron chi connectivity index (χ3n) is 5.06. The van der Waals surface area contributed by atoms with Crippen molar-refractivity contribution in [3.8, 4) is 0 Å². The summed E-state index contributed by atoms with van der Waals surface area (Å²) in [4.78, 5) is 2.66. The molecule has 1 aromatic rings. The van der Waals surface area contributed by atoms with E-state index in [4.69, 9.17) is 4.74 Å². The van der Waals surface area contributed by atoms with E-state index in [1.54, 1.807) is 7.11 Å². The van der Waals surface area contributed by atoms with Crippen LogP contribution >= 0.6 is 0 Å². The van der Waals surface area contributed by atoms with Crippen molar-refractivity contribution in [2.75, 3.05) is 13.7 Å². The third kappa shape index (κ3) is 3.65. The van der Waals surface area contributed by atoms with Crippen molar-refractivity contribution in [2.24, 2.45) is 0 Å². The number of methoxy groups -OCH3 is 1. The van der Waals surface area contributed by atoms with Gasteiger partial charge in [-0.1, -0.05) is 31.2 Å². The van der Waals surface area contributed by atoms with Crippen LogP contribution in [0.1, 0.15) is 43.7 Å². The molecule has 3 nitrogen and oxygen atoms in total. The first-order valence-corrected chi connectivity index (χ1v) is 8.35. The number of nitrogens with zero attached hydrogens (tertiary/aromatic N) is 1. The maximum Gasteiger partial charge on any atom is 0.0713 e. The van der Waals surface area contributed by atoms with Gasteiger partial charge < -0.3 is 10.1 Å². The van der Waals surface area contributed by atoms with E-state index >= 15 is 0 Å². The Balaban J connectivity index is 1.65. The second-order valence-corrected chi connectivity index (χ2v) is 6.58. The van der Waals surface area contributed by atoms with Gasteiger partial charge in [0.1, 0.15) is 0 Å². The van der Waals surface area contributed by atoms with Crippen LogP contribution in [0.15, 0.2) is 24.3 Å². The lowest BCUT2D eigenvalue weighted by Gasteiger charge is -2.37. The Morgan fingerprint density at radius 1 is 1.19 bits per heavy atom. The number of hydrogen-bond donors (Lipinski definition) is 1. The zero-order valence-corrected chi connectivity index (χ0v) is 13.3. The quantitative estimate of drug-likeness (QED) is 0.871. The number of hydrogen-bond acceptors (Lipinski definition) is 3. The lowest BCUT2D eigenvalue weighted by molar-refractivity contribution is 0.140. The zero-order chi connectivity index (χ0) is 14.7. The molecule has 0 radical (unpaired) electrons. The third-order valence-corrected chi connectivity index (χ3v) is 5.06. The summed E-state index contributed by atoms with van der Waals surface area (Å²) < 4.78 is 5.25. The maximum absolute atomic E-state index is 5.25. The average Bonchev–Trinajstić information content (AvgIpc) is 2.84. The molecule has 2 unspecified atom stereocenters. The van der Waals surface area contributed by atoms with Crippen molar-refractivity contribution < 1.29 is 4.74 Å². The number of rotatable bonds is 6. The van der Waals surface area contributed by atoms with Gasteiger partial charge in [0.05, 0.1) is 6.61 Å². The highest BCUT2D eigenvalue weighted by molar-refractivity contribution is 5.23. The SMILES string of the molecule is CCN(Cc1cccc(COC)c1)C1CC2CCC(C1)N2. The number of benzene rings is 1. The molecule has 2 fully saturated rings. The smallest absolute Gasteiger partial charge is 0.0713 e. The van der Waals surface area contributed by atoms with E-state index in [1.165, 1.54) is 36.8 Å². The summed E-state index contributed by atoms with van der Waals surface area (Å²) in [6.45, 7) is 5.21. The van der Waals surface area contributed by atoms with Gasteiger partial charge in [0.15, 0.2) is 0 Å². The highest BCUT2D eigenvalue weighted by Gasteiger charge is 2.35. The van der Waals surface area contributed by atoms with Gasteiger partial charge in [-0.15, -0.1) is 0 Å². The van der Waals surface area contributed by atoms with Gasteiger partial charge in [0.25, 0.3) is 0 Å². The van der Waals surface area contributed by atoms with Crippen LogP contribution in [0.2, 0.25) is 0 Å². The number of fused-ring (bicyclic) bond motifs is 2. The molecule has 0 spiro atoms. The van der Waals surface area contributed by atoms with E-state index in [0.717, 1.165) is 31.2 Å². The zero-order valence-electron chi connectivity index (χ0n) is 13.3. The van der Waals surface area contributed by atoms with Gasteiger partial charge in [-0.2, -0.15) is 0 Å². The molecule has 21 heavy (non-hydrogen) atoms. The number of ether oxygens (including phenoxy) is 1. The molecule has 2 aliphatic heterocycles. The first kappa shape index (κ1) is 15.0. The summed E-state index contributed by atoms with van der Waals surface area (Å²) in [7, 11) is 1.76. The first-order valence-electron chi connectivity index (χ1n) is 8.35. The second-order valence-electron chi connectivity index (χ2n) is 6.58. The van der Waals surface area contributed by atoms with E-state index in [2.05, 4.69) is 41.4 Å². The Morgan fingerprint density at radius 2 is 1.90 bits per heavy atom. The standard InChI is InChI=1S/C18H28N2O/c1-3-20(18-10-16-7-8-17(11-18)19-16)12-14-5-4-6-15(9-14)13-21-2/h4-6,9,16-19H,3,7-8,10-13H2,1-2H3. The van der Waals surface area contributed by atoms with Crippen molar-refractivity contribution >= 4 is 0 Å². The second kappa shape index (κ2) is 6.91. The predicted octanol–water partition coefficient (Wildman–Crippen LogP) is 2.94. The fourth-order valence-corrected chi connectivity index (χ4v) is 4.04. The van der Waals surface area contributed by atoms with E-state index in [-0.39, 0.29) is 0 Å². The van der Waals surface area contributed by atoms with Crippen LogP contribution < -0.4 is 5.32 Å². The minimum Gasteiger partial charge on any atom is -0.380 e. The summed E-state index contributed by atoms with van der Waals surface area (Å²) in [6, 6.07) is 11.1. The Hall–Kier alpha value is -0.900. The van der Waals surface area contributed by atoms with Crippen molar-refractivity contribution in [2.45, 2.75) is 63.9 Å². The average molecular weight is 288 g/mol. The fraction of sp³-hybridized carbons (Fsp3) is 0.667. The van der Waals surface area contributed by atoms with Gasteiger partial charge in [-0.3, -0.25) is 4.90 Å². The van der Waals surface area contributed by atoms with Crippen LogP contribution in [0, 0.1) is 0 Å². The topological polar surface area (TPSA) is 24.5 Å². The van der Waals surface area contributed by atoms with E-state index in [9.17, 15) is 0 Å². The summed E-state index contributed by atoms with van der Waals surface area (Å²) in [5.74, 6) is 0. The minimum absolute atomic E-state index is 0.706. The molecule has 0 saturated carbocycles. The number of nitrogens with one attached hydrogen (secondary N) is 1. The van der Waals surface area contributed by atoms with Crippen LogP contribution in [0.5, 0.6) is 0 Å². The van der Waals surface area contributed by atoms with Crippen molar-refractivity contribution in [3.63, 3.8) is 0 Å². The molecule has 1 aromatic carbocycles. The molecule has 3 heteroatoms. The Morgan fingerprint density at radius 3 is 2.57 bits per heavy atom. The molecule has 2 saturated heterocycles. The molecule has 2 heterocycles. The molecular formula is C18H28N2O. The monoisotopic (exact) mass is 288 g/mol. The highest BCUT2D eigenvalue weighted by Crippen LogP contribution is 2.30. The van der Waals surface area contributed by atoms with Crippen molar-refractivity contribution in [1.82, 2.24) is 10.2 Å². The predicted molar refractivity (Wildman–Crippen MR) is 86.2 cm³/mol. The summed E-state index contributed by atoms with van der Waals surface area (Å²) in [5, 5.41) is 3.75. The van der Waals surface area contributed by atoms with Gasteiger partial charge in [0.2, 0.25) is 0 Å². The Bertz CT molecular complexity index is 450. The molecule has 2 aliphatic rings. The number of piperidine rings is 1. The summed E-state index contributed by atoms with van der Waals surface area (Å²) in [5.41, 5.74) is 2.69. The van der Waals surface area contributed by atoms with Crippen LogP contribution in [-0.2, 0) is 17.9 Å². The van der Waals surface area contributed by atoms with Gasteiger partial charge in [0, 0.05) is 31.8 Å². The minimum atomic E-state index is 0.706. The largest absolute Gasteiger partial charge is 0.380 e. The van der Waals surface area contributed by atoms with Gasteiger partial charge in [-0.05, 0) is 43.4 Å². The fourth-order valence-electron chi connectivity index (χ4n) is 4.04. The molecule has 2 bridgehead atoms. The molecule has 0 amide bonds. The van der Waals surface area contributed by atoms with Crippen LogP contribution in [0.4, 0.5) is 0 Å². The summed E-state index contributed by atoms with van der Waals surface area (Å²) >= 11 is 0. The van der Waals surface area contributed by atoms with Crippen LogP contribution in [0.3, 0.4) is 0 Å².